The number of halogens is 1. The van der Waals surface area contributed by atoms with E-state index in [1.54, 1.807) is 0 Å². The smallest absolute Gasteiger partial charge is 0.303 e. The molecule has 5 heteroatoms. The van der Waals surface area contributed by atoms with E-state index >= 15 is 0 Å². The average molecular weight is 225 g/mol. The SMILES string of the molecule is O=C(O)CCc1ccc2c(Cl)[nH]nc2c1. The molecule has 2 N–H and O–H groups in total. The predicted molar refractivity (Wildman–Crippen MR) is 57.1 cm³/mol. The van der Waals surface area contributed by atoms with Crippen LogP contribution in [0.15, 0.2) is 18.2 Å². The third kappa shape index (κ3) is 2.10. The Balaban J connectivity index is 2.27. The number of nitrogens with zero attached hydrogens (tertiary/aromatic N) is 1. The van der Waals surface area contributed by atoms with E-state index in [4.69, 9.17) is 16.7 Å². The average Bonchev–Trinajstić information content (AvgIpc) is 2.57. The van der Waals surface area contributed by atoms with Gasteiger partial charge in [-0.05, 0) is 24.1 Å². The highest BCUT2D eigenvalue weighted by molar-refractivity contribution is 6.34. The fourth-order valence-corrected chi connectivity index (χ4v) is 1.63. The number of rotatable bonds is 3. The number of H-pyrrole nitrogens is 1. The molecule has 2 rings (SSSR count). The number of nitrogens with one attached hydrogen (secondary N) is 1. The molecule has 15 heavy (non-hydrogen) atoms. The van der Waals surface area contributed by atoms with Crippen LogP contribution in [0.1, 0.15) is 12.0 Å². The molecule has 0 spiro atoms. The van der Waals surface area contributed by atoms with Crippen LogP contribution in [-0.2, 0) is 11.2 Å². The molecule has 0 bridgehead atoms. The molecule has 4 nitrogen and oxygen atoms in total. The monoisotopic (exact) mass is 224 g/mol. The fourth-order valence-electron chi connectivity index (χ4n) is 1.43. The number of aryl methyl sites for hydroxylation is 1. The largest absolute Gasteiger partial charge is 0.481 e. The molecule has 0 atom stereocenters. The molecule has 1 aromatic heterocycles. The summed E-state index contributed by atoms with van der Waals surface area (Å²) in [5, 5.41) is 16.6. The van der Waals surface area contributed by atoms with Crippen molar-refractivity contribution in [2.24, 2.45) is 0 Å². The zero-order valence-corrected chi connectivity index (χ0v) is 8.58. The number of carboxylic acid groups (broad SMARTS) is 1. The maximum atomic E-state index is 10.4. The zero-order valence-electron chi connectivity index (χ0n) is 7.83. The van der Waals surface area contributed by atoms with Crippen molar-refractivity contribution >= 4 is 28.5 Å². The van der Waals surface area contributed by atoms with Gasteiger partial charge in [0.25, 0.3) is 0 Å². The number of aromatic nitrogens is 2. The molecule has 0 amide bonds. The lowest BCUT2D eigenvalue weighted by Gasteiger charge is -1.97. The molecular formula is C10H9ClN2O2. The van der Waals surface area contributed by atoms with Crippen molar-refractivity contribution in [1.82, 2.24) is 10.2 Å². The summed E-state index contributed by atoms with van der Waals surface area (Å²) >= 11 is 5.84. The Kier molecular flexibility index (Phi) is 2.60. The Morgan fingerprint density at radius 1 is 1.53 bits per heavy atom. The molecule has 78 valence electrons. The van der Waals surface area contributed by atoms with Crippen molar-refractivity contribution in [2.75, 3.05) is 0 Å². The lowest BCUT2D eigenvalue weighted by atomic mass is 10.1. The summed E-state index contributed by atoms with van der Waals surface area (Å²) in [5.74, 6) is -0.796. The summed E-state index contributed by atoms with van der Waals surface area (Å²) in [5.41, 5.74) is 1.72. The molecule has 1 heterocycles. The van der Waals surface area contributed by atoms with Crippen molar-refractivity contribution in [3.63, 3.8) is 0 Å². The topological polar surface area (TPSA) is 66.0 Å². The van der Waals surface area contributed by atoms with Gasteiger partial charge < -0.3 is 5.11 Å². The van der Waals surface area contributed by atoms with Crippen LogP contribution < -0.4 is 0 Å². The normalized spacial score (nSPS) is 10.7. The van der Waals surface area contributed by atoms with Crippen molar-refractivity contribution in [3.05, 3.63) is 28.9 Å². The van der Waals surface area contributed by atoms with Gasteiger partial charge in [0.15, 0.2) is 0 Å². The van der Waals surface area contributed by atoms with Gasteiger partial charge in [0.05, 0.1) is 5.52 Å². The van der Waals surface area contributed by atoms with Crippen LogP contribution in [0.25, 0.3) is 10.9 Å². The number of carbonyl (C=O) groups is 1. The van der Waals surface area contributed by atoms with Gasteiger partial charge in [0.2, 0.25) is 0 Å². The van der Waals surface area contributed by atoms with Gasteiger partial charge in [-0.1, -0.05) is 17.7 Å². The van der Waals surface area contributed by atoms with Crippen molar-refractivity contribution in [3.8, 4) is 0 Å². The lowest BCUT2D eigenvalue weighted by Crippen LogP contribution is -1.97. The van der Waals surface area contributed by atoms with Crippen LogP contribution in [0, 0.1) is 0 Å². The highest BCUT2D eigenvalue weighted by Crippen LogP contribution is 2.21. The summed E-state index contributed by atoms with van der Waals surface area (Å²) in [6.07, 6.45) is 0.638. The molecule has 1 aromatic carbocycles. The van der Waals surface area contributed by atoms with Crippen LogP contribution in [0.3, 0.4) is 0 Å². The van der Waals surface area contributed by atoms with E-state index in [9.17, 15) is 4.79 Å². The van der Waals surface area contributed by atoms with Crippen LogP contribution in [0.2, 0.25) is 5.15 Å². The number of hydrogen-bond acceptors (Lipinski definition) is 2. The van der Waals surface area contributed by atoms with Crippen molar-refractivity contribution < 1.29 is 9.90 Å². The van der Waals surface area contributed by atoms with E-state index in [1.807, 2.05) is 18.2 Å². The molecule has 0 aliphatic heterocycles. The Labute approximate surface area is 90.9 Å². The molecule has 0 aliphatic carbocycles. The first-order chi connectivity index (χ1) is 7.16. The third-order valence-electron chi connectivity index (χ3n) is 2.20. The van der Waals surface area contributed by atoms with E-state index in [2.05, 4.69) is 10.2 Å². The Morgan fingerprint density at radius 3 is 3.07 bits per heavy atom. The summed E-state index contributed by atoms with van der Waals surface area (Å²) in [4.78, 5) is 10.4. The molecule has 0 saturated heterocycles. The number of carboxylic acids is 1. The van der Waals surface area contributed by atoms with Crippen molar-refractivity contribution in [2.45, 2.75) is 12.8 Å². The number of hydrogen-bond donors (Lipinski definition) is 2. The molecular weight excluding hydrogens is 216 g/mol. The van der Waals surface area contributed by atoms with E-state index in [0.29, 0.717) is 11.6 Å². The molecule has 0 fully saturated rings. The minimum atomic E-state index is -0.796. The predicted octanol–water partition coefficient (Wildman–Crippen LogP) is 2.23. The lowest BCUT2D eigenvalue weighted by molar-refractivity contribution is -0.136. The van der Waals surface area contributed by atoms with Crippen LogP contribution in [-0.4, -0.2) is 21.3 Å². The van der Waals surface area contributed by atoms with Gasteiger partial charge in [0.1, 0.15) is 5.15 Å². The van der Waals surface area contributed by atoms with Gasteiger partial charge in [-0.2, -0.15) is 5.10 Å². The van der Waals surface area contributed by atoms with E-state index in [-0.39, 0.29) is 6.42 Å². The number of fused-ring (bicyclic) bond motifs is 1. The summed E-state index contributed by atoms with van der Waals surface area (Å²) in [6, 6.07) is 5.56. The van der Waals surface area contributed by atoms with Gasteiger partial charge in [-0.15, -0.1) is 0 Å². The highest BCUT2D eigenvalue weighted by atomic mass is 35.5. The van der Waals surface area contributed by atoms with E-state index < -0.39 is 5.97 Å². The van der Waals surface area contributed by atoms with E-state index in [1.165, 1.54) is 0 Å². The second-order valence-corrected chi connectivity index (χ2v) is 3.66. The van der Waals surface area contributed by atoms with Gasteiger partial charge in [-0.25, -0.2) is 0 Å². The minimum absolute atomic E-state index is 0.129. The maximum Gasteiger partial charge on any atom is 0.303 e. The second kappa shape index (κ2) is 3.90. The minimum Gasteiger partial charge on any atom is -0.481 e. The fraction of sp³-hybridized carbons (Fsp3) is 0.200. The summed E-state index contributed by atoms with van der Waals surface area (Å²) < 4.78 is 0. The quantitative estimate of drug-likeness (QED) is 0.840. The first kappa shape index (κ1) is 9.98. The number of benzene rings is 1. The third-order valence-corrected chi connectivity index (χ3v) is 2.49. The Bertz CT molecular complexity index is 507. The van der Waals surface area contributed by atoms with Crippen LogP contribution in [0.4, 0.5) is 0 Å². The molecule has 0 aliphatic rings. The Morgan fingerprint density at radius 2 is 2.33 bits per heavy atom. The maximum absolute atomic E-state index is 10.4. The number of aromatic amines is 1. The summed E-state index contributed by atoms with van der Waals surface area (Å²) in [7, 11) is 0. The molecule has 0 radical (unpaired) electrons. The molecule has 0 unspecified atom stereocenters. The van der Waals surface area contributed by atoms with Gasteiger partial charge in [-0.3, -0.25) is 9.89 Å². The highest BCUT2D eigenvalue weighted by Gasteiger charge is 2.04. The van der Waals surface area contributed by atoms with Gasteiger partial charge in [0, 0.05) is 11.8 Å². The van der Waals surface area contributed by atoms with Gasteiger partial charge >= 0.3 is 5.97 Å². The standard InChI is InChI=1S/C10H9ClN2O2/c11-10-7-3-1-6(2-4-9(14)15)5-8(7)12-13-10/h1,3,5H,2,4H2,(H,12,13)(H,14,15). The first-order valence-electron chi connectivity index (χ1n) is 4.51. The molecule has 2 aromatic rings. The second-order valence-electron chi connectivity index (χ2n) is 3.28. The number of aliphatic carboxylic acids is 1. The van der Waals surface area contributed by atoms with Crippen molar-refractivity contribution in [1.29, 1.82) is 0 Å². The first-order valence-corrected chi connectivity index (χ1v) is 4.89. The van der Waals surface area contributed by atoms with Crippen LogP contribution in [0.5, 0.6) is 0 Å². The van der Waals surface area contributed by atoms with Crippen LogP contribution >= 0.6 is 11.6 Å². The summed E-state index contributed by atoms with van der Waals surface area (Å²) in [6.45, 7) is 0. The molecule has 0 saturated carbocycles. The zero-order chi connectivity index (χ0) is 10.8. The Hall–Kier alpha value is -1.55. The van der Waals surface area contributed by atoms with E-state index in [0.717, 1.165) is 16.5 Å².